The quantitative estimate of drug-likeness (QED) is 0.322. The van der Waals surface area contributed by atoms with Crippen LogP contribution in [-0.2, 0) is 11.2 Å². The number of amides is 1. The van der Waals surface area contributed by atoms with Gasteiger partial charge in [-0.05, 0) is 65.6 Å². The first-order chi connectivity index (χ1) is 18.1. The van der Waals surface area contributed by atoms with Crippen LogP contribution in [0, 0.1) is 5.82 Å². The maximum absolute atomic E-state index is 13.5. The van der Waals surface area contributed by atoms with Crippen LogP contribution in [0.15, 0.2) is 91.3 Å². The Balaban J connectivity index is 1.27. The van der Waals surface area contributed by atoms with E-state index in [1.807, 2.05) is 29.2 Å². The van der Waals surface area contributed by atoms with E-state index < -0.39 is 0 Å². The molecule has 6 rings (SSSR count). The number of hydrogen-bond donors (Lipinski definition) is 0. The maximum Gasteiger partial charge on any atom is 0.250 e. The van der Waals surface area contributed by atoms with E-state index in [1.165, 1.54) is 17.5 Å². The average molecular weight is 492 g/mol. The van der Waals surface area contributed by atoms with Crippen molar-refractivity contribution >= 4 is 16.7 Å². The minimum absolute atomic E-state index is 0.0832. The summed E-state index contributed by atoms with van der Waals surface area (Å²) in [5, 5.41) is 7.10. The molecule has 184 valence electrons. The molecule has 0 saturated carbocycles. The SMILES string of the molecule is O=C(Cc1ccc2ccccc2c1)N1CCCC(c2cc(-c3ccc(F)cc3)nn2-c2ncccn2)C1. The van der Waals surface area contributed by atoms with Crippen molar-refractivity contribution in [3.05, 3.63) is 108 Å². The predicted octanol–water partition coefficient (Wildman–Crippen LogP) is 5.57. The largest absolute Gasteiger partial charge is 0.342 e. The molecular weight excluding hydrogens is 465 g/mol. The third kappa shape index (κ3) is 4.85. The molecule has 0 spiro atoms. The van der Waals surface area contributed by atoms with Gasteiger partial charge in [-0.15, -0.1) is 0 Å². The van der Waals surface area contributed by atoms with Crippen LogP contribution in [0.3, 0.4) is 0 Å². The molecule has 5 aromatic rings. The summed E-state index contributed by atoms with van der Waals surface area (Å²) in [7, 11) is 0. The first kappa shape index (κ1) is 23.0. The smallest absolute Gasteiger partial charge is 0.250 e. The van der Waals surface area contributed by atoms with Gasteiger partial charge in [-0.1, -0.05) is 42.5 Å². The van der Waals surface area contributed by atoms with Crippen LogP contribution in [0.5, 0.6) is 0 Å². The van der Waals surface area contributed by atoms with Gasteiger partial charge in [0.25, 0.3) is 5.95 Å². The molecule has 1 unspecified atom stereocenters. The summed E-state index contributed by atoms with van der Waals surface area (Å²) in [4.78, 5) is 24.1. The molecule has 7 heteroatoms. The number of carbonyl (C=O) groups excluding carboxylic acids is 1. The molecule has 1 fully saturated rings. The highest BCUT2D eigenvalue weighted by Gasteiger charge is 2.29. The second-order valence-corrected chi connectivity index (χ2v) is 9.46. The van der Waals surface area contributed by atoms with Crippen LogP contribution in [0.4, 0.5) is 4.39 Å². The van der Waals surface area contributed by atoms with Gasteiger partial charge in [0.15, 0.2) is 0 Å². The number of aromatic nitrogens is 4. The van der Waals surface area contributed by atoms with Gasteiger partial charge in [0.2, 0.25) is 5.91 Å². The highest BCUT2D eigenvalue weighted by atomic mass is 19.1. The van der Waals surface area contributed by atoms with Crippen LogP contribution in [-0.4, -0.2) is 43.6 Å². The van der Waals surface area contributed by atoms with Gasteiger partial charge >= 0.3 is 0 Å². The van der Waals surface area contributed by atoms with Crippen molar-refractivity contribution in [2.75, 3.05) is 13.1 Å². The lowest BCUT2D eigenvalue weighted by Crippen LogP contribution is -2.40. The molecule has 3 aromatic carbocycles. The molecular formula is C30H26FN5O. The van der Waals surface area contributed by atoms with Gasteiger partial charge in [0.1, 0.15) is 5.82 Å². The number of likely N-dealkylation sites (tertiary alicyclic amines) is 1. The summed E-state index contributed by atoms with van der Waals surface area (Å²) in [5.41, 5.74) is 3.51. The zero-order valence-electron chi connectivity index (χ0n) is 20.3. The number of rotatable bonds is 5. The van der Waals surface area contributed by atoms with E-state index in [0.29, 0.717) is 18.9 Å². The molecule has 0 aliphatic carbocycles. The van der Waals surface area contributed by atoms with Gasteiger partial charge in [0, 0.05) is 37.0 Å². The van der Waals surface area contributed by atoms with Gasteiger partial charge < -0.3 is 4.90 Å². The second kappa shape index (κ2) is 9.93. The third-order valence-electron chi connectivity index (χ3n) is 6.98. The van der Waals surface area contributed by atoms with Crippen LogP contribution in [0.1, 0.15) is 30.0 Å². The Morgan fingerprint density at radius 3 is 2.51 bits per heavy atom. The van der Waals surface area contributed by atoms with Crippen LogP contribution < -0.4 is 0 Å². The normalized spacial score (nSPS) is 15.7. The molecule has 1 saturated heterocycles. The number of nitrogens with zero attached hydrogens (tertiary/aromatic N) is 5. The van der Waals surface area contributed by atoms with E-state index in [1.54, 1.807) is 35.3 Å². The fourth-order valence-corrected chi connectivity index (χ4v) is 5.09. The highest BCUT2D eigenvalue weighted by molar-refractivity contribution is 5.85. The van der Waals surface area contributed by atoms with Gasteiger partial charge in [-0.2, -0.15) is 5.10 Å². The third-order valence-corrected chi connectivity index (χ3v) is 6.98. The zero-order chi connectivity index (χ0) is 25.2. The fraction of sp³-hybridized carbons (Fsp3) is 0.200. The zero-order valence-corrected chi connectivity index (χ0v) is 20.3. The van der Waals surface area contributed by atoms with Crippen molar-refractivity contribution in [3.8, 4) is 17.2 Å². The summed E-state index contributed by atoms with van der Waals surface area (Å²) in [5.74, 6) is 0.397. The standard InChI is InChI=1S/C30H26FN5O/c31-26-12-10-23(11-13-26)27-19-28(36(34-27)30-32-14-4-15-33-30)25-7-3-16-35(20-25)29(37)18-21-8-9-22-5-1-2-6-24(22)17-21/h1-2,4-6,8-15,17,19,25H,3,7,16,18,20H2. The first-order valence-corrected chi connectivity index (χ1v) is 12.5. The molecule has 6 nitrogen and oxygen atoms in total. The highest BCUT2D eigenvalue weighted by Crippen LogP contribution is 2.32. The number of piperidine rings is 1. The van der Waals surface area contributed by atoms with Crippen LogP contribution in [0.2, 0.25) is 0 Å². The monoisotopic (exact) mass is 491 g/mol. The van der Waals surface area contributed by atoms with E-state index in [9.17, 15) is 9.18 Å². The lowest BCUT2D eigenvalue weighted by atomic mass is 9.93. The van der Waals surface area contributed by atoms with Crippen molar-refractivity contribution < 1.29 is 9.18 Å². The Labute approximate surface area is 214 Å². The summed E-state index contributed by atoms with van der Waals surface area (Å²) in [6.07, 6.45) is 5.58. The summed E-state index contributed by atoms with van der Waals surface area (Å²) in [6, 6.07) is 24.5. The number of hydrogen-bond acceptors (Lipinski definition) is 4. The minimum Gasteiger partial charge on any atom is -0.342 e. The molecule has 37 heavy (non-hydrogen) atoms. The summed E-state index contributed by atoms with van der Waals surface area (Å²) in [6.45, 7) is 1.34. The molecule has 1 atom stereocenters. The Morgan fingerprint density at radius 2 is 1.70 bits per heavy atom. The molecule has 2 aromatic heterocycles. The Hall–Kier alpha value is -4.39. The number of halogens is 1. The van der Waals surface area contributed by atoms with E-state index in [4.69, 9.17) is 5.10 Å². The molecule has 3 heterocycles. The van der Waals surface area contributed by atoms with Crippen molar-refractivity contribution in [2.45, 2.75) is 25.2 Å². The first-order valence-electron chi connectivity index (χ1n) is 12.5. The van der Waals surface area contributed by atoms with E-state index in [0.717, 1.165) is 47.3 Å². The van der Waals surface area contributed by atoms with Crippen LogP contribution in [0.25, 0.3) is 28.0 Å². The molecule has 0 radical (unpaired) electrons. The van der Waals surface area contributed by atoms with E-state index in [2.05, 4.69) is 34.2 Å². The Bertz CT molecular complexity index is 1550. The van der Waals surface area contributed by atoms with Gasteiger partial charge in [0.05, 0.1) is 17.8 Å². The summed E-state index contributed by atoms with van der Waals surface area (Å²) >= 11 is 0. The Kier molecular flexibility index (Phi) is 6.18. The van der Waals surface area contributed by atoms with Crippen molar-refractivity contribution in [1.29, 1.82) is 0 Å². The average Bonchev–Trinajstić information content (AvgIpc) is 3.40. The fourth-order valence-electron chi connectivity index (χ4n) is 5.09. The van der Waals surface area contributed by atoms with Crippen LogP contribution >= 0.6 is 0 Å². The second-order valence-electron chi connectivity index (χ2n) is 9.46. The topological polar surface area (TPSA) is 63.9 Å². The van der Waals surface area contributed by atoms with E-state index >= 15 is 0 Å². The predicted molar refractivity (Wildman–Crippen MR) is 141 cm³/mol. The van der Waals surface area contributed by atoms with Gasteiger partial charge in [-0.3, -0.25) is 4.79 Å². The van der Waals surface area contributed by atoms with Crippen molar-refractivity contribution in [3.63, 3.8) is 0 Å². The maximum atomic E-state index is 13.5. The minimum atomic E-state index is -0.289. The Morgan fingerprint density at radius 1 is 0.919 bits per heavy atom. The van der Waals surface area contributed by atoms with E-state index in [-0.39, 0.29) is 17.6 Å². The molecule has 0 N–H and O–H groups in total. The number of fused-ring (bicyclic) bond motifs is 1. The van der Waals surface area contributed by atoms with Crippen molar-refractivity contribution in [1.82, 2.24) is 24.6 Å². The van der Waals surface area contributed by atoms with Gasteiger partial charge in [-0.25, -0.2) is 19.0 Å². The lowest BCUT2D eigenvalue weighted by Gasteiger charge is -2.33. The summed E-state index contributed by atoms with van der Waals surface area (Å²) < 4.78 is 15.3. The van der Waals surface area contributed by atoms with Crippen molar-refractivity contribution in [2.24, 2.45) is 0 Å². The number of carbonyl (C=O) groups is 1. The molecule has 0 bridgehead atoms. The number of benzene rings is 3. The molecule has 1 aliphatic rings. The molecule has 1 aliphatic heterocycles. The lowest BCUT2D eigenvalue weighted by molar-refractivity contribution is -0.131. The molecule has 1 amide bonds.